The van der Waals surface area contributed by atoms with Gasteiger partial charge < -0.3 is 55.5 Å². The fourth-order valence-electron chi connectivity index (χ4n) is 0. The minimum atomic E-state index is -3.72. The van der Waals surface area contributed by atoms with Gasteiger partial charge in [0.2, 0.25) is 0 Å². The van der Waals surface area contributed by atoms with Crippen molar-refractivity contribution in [3.05, 3.63) is 0 Å². The van der Waals surface area contributed by atoms with Crippen molar-refractivity contribution in [3.8, 4) is 0 Å². The van der Waals surface area contributed by atoms with Crippen LogP contribution in [0.1, 0.15) is 0 Å². The van der Waals surface area contributed by atoms with Crippen LogP contribution in [0.3, 0.4) is 0 Å². The van der Waals surface area contributed by atoms with Gasteiger partial charge in [-0.25, -0.2) is 0 Å². The van der Waals surface area contributed by atoms with Crippen LogP contribution in [0.15, 0.2) is 0 Å². The van der Waals surface area contributed by atoms with E-state index in [1.165, 1.54) is 0 Å². The molecule has 0 aliphatic heterocycles. The van der Waals surface area contributed by atoms with E-state index in [0.717, 1.165) is 0 Å². The molecule has 0 aromatic carbocycles. The van der Waals surface area contributed by atoms with E-state index < -0.39 is 11.4 Å². The average Bonchev–Trinajstić information content (AvgIpc) is 1.12. The molecular formula is MoO4P2S4-6. The van der Waals surface area contributed by atoms with Crippen LogP contribution in [0.2, 0.25) is 0 Å². The molecule has 0 N–H and O–H groups in total. The fraction of sp³-hybridized carbons (Fsp3) is 0. The third kappa shape index (κ3) is 217. The number of hydrogen-bond acceptors (Lipinski definition) is 8. The summed E-state index contributed by atoms with van der Waals surface area (Å²) >= 11 is 14.6. The van der Waals surface area contributed by atoms with Gasteiger partial charge >= 0.3 is 0 Å². The van der Waals surface area contributed by atoms with Crippen molar-refractivity contribution in [2.75, 3.05) is 0 Å². The van der Waals surface area contributed by atoms with E-state index in [1.807, 2.05) is 0 Å². The zero-order chi connectivity index (χ0) is 9.00. The van der Waals surface area contributed by atoms with E-state index in [9.17, 15) is 19.6 Å². The van der Waals surface area contributed by atoms with E-state index in [2.05, 4.69) is 48.1 Å². The van der Waals surface area contributed by atoms with Crippen LogP contribution in [0.5, 0.6) is 0 Å². The van der Waals surface area contributed by atoms with Crippen molar-refractivity contribution in [2.24, 2.45) is 0 Å². The van der Waals surface area contributed by atoms with Crippen molar-refractivity contribution in [1.82, 2.24) is 0 Å². The Bertz CT molecular complexity index is 132. The molecule has 0 aromatic heterocycles. The summed E-state index contributed by atoms with van der Waals surface area (Å²) in [4.78, 5) is 37.2. The zero-order valence-electron chi connectivity index (χ0n) is 4.57. The molecule has 0 aliphatic carbocycles. The Balaban J connectivity index is -0.000000107. The summed E-state index contributed by atoms with van der Waals surface area (Å²) in [5.74, 6) is 0. The van der Waals surface area contributed by atoms with E-state index in [0.29, 0.717) is 0 Å². The Morgan fingerprint density at radius 1 is 0.818 bits per heavy atom. The summed E-state index contributed by atoms with van der Waals surface area (Å²) in [5.41, 5.74) is -7.44. The monoisotopic (exact) mass is 352 g/mol. The van der Waals surface area contributed by atoms with Crippen LogP contribution >= 0.6 is 11.4 Å². The summed E-state index contributed by atoms with van der Waals surface area (Å²) in [6.07, 6.45) is 0. The van der Waals surface area contributed by atoms with Gasteiger partial charge in [0.25, 0.3) is 0 Å². The number of hydrogen-bond donors (Lipinski definition) is 0. The maximum absolute atomic E-state index is 9.29. The first-order valence-electron chi connectivity index (χ1n) is 1.46. The van der Waals surface area contributed by atoms with E-state index >= 15 is 0 Å². The molecule has 0 atom stereocenters. The first-order valence-corrected chi connectivity index (χ1v) is 8.76. The second kappa shape index (κ2) is 7.89. The molecular weight excluding hydrogens is 350 g/mol. The van der Waals surface area contributed by atoms with Crippen molar-refractivity contribution in [3.63, 3.8) is 0 Å². The molecule has 11 heavy (non-hydrogen) atoms. The molecule has 4 nitrogen and oxygen atoms in total. The maximum Gasteiger partial charge on any atom is 0 e. The van der Waals surface area contributed by atoms with Gasteiger partial charge in [0.1, 0.15) is 0 Å². The molecule has 0 amide bonds. The normalized spacial score (nSPS) is 10.7. The minimum absolute atomic E-state index is 0. The molecule has 0 saturated carbocycles. The predicted octanol–water partition coefficient (Wildman–Crippen LogP) is -3.05. The van der Waals surface area contributed by atoms with E-state index in [-0.39, 0.29) is 21.1 Å². The Kier molecular flexibility index (Phi) is 13.7. The Labute approximate surface area is 99.3 Å². The van der Waals surface area contributed by atoms with E-state index in [4.69, 9.17) is 0 Å². The maximum atomic E-state index is 9.29. The molecule has 11 heteroatoms. The molecule has 0 rings (SSSR count). The van der Waals surface area contributed by atoms with Crippen LogP contribution in [0.4, 0.5) is 0 Å². The molecule has 0 fully saturated rings. The molecule has 0 heterocycles. The summed E-state index contributed by atoms with van der Waals surface area (Å²) in [6, 6.07) is 0. The smallest absolute Gasteiger partial charge is 0 e. The molecule has 0 radical (unpaired) electrons. The van der Waals surface area contributed by atoms with Gasteiger partial charge in [0.15, 0.2) is 0 Å². The summed E-state index contributed by atoms with van der Waals surface area (Å²) in [7, 11) is 0. The van der Waals surface area contributed by atoms with Gasteiger partial charge in [0, 0.05) is 21.1 Å². The van der Waals surface area contributed by atoms with Crippen LogP contribution in [0.25, 0.3) is 0 Å². The standard InChI is InChI=1S/Mo.2H3O2PS2/c;2*1-3(2,4)5/h;2*(H3,1,2,4,5)/p-6. The topological polar surface area (TPSA) is 92.2 Å². The van der Waals surface area contributed by atoms with Gasteiger partial charge in [-0.2, -0.15) is 23.6 Å². The quantitative estimate of drug-likeness (QED) is 0.259. The molecule has 0 spiro atoms. The summed E-state index contributed by atoms with van der Waals surface area (Å²) < 4.78 is 0. The first-order chi connectivity index (χ1) is 4.00. The Morgan fingerprint density at radius 2 is 0.818 bits per heavy atom. The Morgan fingerprint density at radius 3 is 0.818 bits per heavy atom. The molecule has 0 aliphatic rings. The molecule has 0 unspecified atom stereocenters. The van der Waals surface area contributed by atoms with Crippen molar-refractivity contribution in [2.45, 2.75) is 0 Å². The summed E-state index contributed by atoms with van der Waals surface area (Å²) in [6.45, 7) is 0. The molecule has 70 valence electrons. The third-order valence-corrected chi connectivity index (χ3v) is 0. The van der Waals surface area contributed by atoms with Gasteiger partial charge in [-0.05, 0) is 0 Å². The second-order valence-electron chi connectivity index (χ2n) is 0.894. The molecule has 0 bridgehead atoms. The van der Waals surface area contributed by atoms with Crippen molar-refractivity contribution < 1.29 is 40.6 Å². The minimum Gasteiger partial charge on any atom is -0.850 e. The zero-order valence-corrected chi connectivity index (χ0v) is 11.6. The molecule has 0 saturated heterocycles. The van der Waals surface area contributed by atoms with Gasteiger partial charge in [-0.1, -0.05) is 0 Å². The van der Waals surface area contributed by atoms with Crippen LogP contribution in [0, 0.1) is 0 Å². The Hall–Kier alpha value is 2.53. The second-order valence-corrected chi connectivity index (χ2v) is 9.84. The molecule has 0 aromatic rings. The van der Waals surface area contributed by atoms with Gasteiger partial charge in [-0.3, -0.25) is 0 Å². The van der Waals surface area contributed by atoms with Crippen LogP contribution in [-0.4, -0.2) is 0 Å². The predicted molar refractivity (Wildman–Crippen MR) is 43.3 cm³/mol. The van der Waals surface area contributed by atoms with E-state index in [1.54, 1.807) is 0 Å². The number of rotatable bonds is 0. The summed E-state index contributed by atoms with van der Waals surface area (Å²) in [5, 5.41) is 0. The van der Waals surface area contributed by atoms with Crippen molar-refractivity contribution >= 4 is 59.5 Å². The van der Waals surface area contributed by atoms with Gasteiger partial charge in [-0.15, -0.1) is 0 Å². The van der Waals surface area contributed by atoms with Crippen LogP contribution < -0.4 is 19.6 Å². The fourth-order valence-corrected chi connectivity index (χ4v) is 0. The van der Waals surface area contributed by atoms with Gasteiger partial charge in [0.05, 0.1) is 0 Å². The average molecular weight is 350 g/mol. The first kappa shape index (κ1) is 19.2. The van der Waals surface area contributed by atoms with Crippen LogP contribution in [-0.2, 0) is 69.2 Å². The van der Waals surface area contributed by atoms with Crippen molar-refractivity contribution in [1.29, 1.82) is 0 Å². The third-order valence-electron chi connectivity index (χ3n) is 0. The largest absolute Gasteiger partial charge is 0.850 e. The SMILES string of the molecule is [Mo].[O-]P([O-])(=S)[S-].[O-]P([O-])(=S)[S-].